The molecule has 1 aliphatic rings. The van der Waals surface area contributed by atoms with E-state index in [1.54, 1.807) is 0 Å². The number of aliphatic hydroxyl groups excluding tert-OH is 3. The molecule has 0 aromatic heterocycles. The molecule has 0 aromatic carbocycles. The molecule has 0 bridgehead atoms. The standard InChI is InChI=1S/C5H10O6/c6-1-2-3(7)4(8)5(9,10)11-2/h2-4,6-10H,1H2/t2-,3+,4-/m1/s1. The number of hydrogen-bond donors (Lipinski definition) is 5. The normalized spacial score (nSPS) is 42.8. The zero-order valence-electron chi connectivity index (χ0n) is 5.58. The van der Waals surface area contributed by atoms with Crippen LogP contribution in [0.2, 0.25) is 0 Å². The Bertz CT molecular complexity index is 146. The highest BCUT2D eigenvalue weighted by Crippen LogP contribution is 2.26. The third kappa shape index (κ3) is 1.36. The van der Waals surface area contributed by atoms with Gasteiger partial charge in [-0.25, -0.2) is 0 Å². The van der Waals surface area contributed by atoms with Gasteiger partial charge >= 0.3 is 5.97 Å². The lowest BCUT2D eigenvalue weighted by Gasteiger charge is -2.17. The van der Waals surface area contributed by atoms with E-state index in [-0.39, 0.29) is 0 Å². The average Bonchev–Trinajstić information content (AvgIpc) is 2.13. The van der Waals surface area contributed by atoms with Gasteiger partial charge in [0.05, 0.1) is 6.61 Å². The molecular weight excluding hydrogens is 156 g/mol. The van der Waals surface area contributed by atoms with E-state index in [2.05, 4.69) is 4.74 Å². The molecule has 1 aliphatic heterocycles. The topological polar surface area (TPSA) is 110 Å². The number of ether oxygens (including phenoxy) is 1. The Hall–Kier alpha value is -0.240. The number of hydrogen-bond acceptors (Lipinski definition) is 6. The lowest BCUT2D eigenvalue weighted by molar-refractivity contribution is -0.355. The molecule has 1 fully saturated rings. The molecule has 0 saturated carbocycles. The third-order valence-electron chi connectivity index (χ3n) is 1.59. The fraction of sp³-hybridized carbons (Fsp3) is 1.00. The van der Waals surface area contributed by atoms with E-state index < -0.39 is 30.9 Å². The monoisotopic (exact) mass is 166 g/mol. The minimum absolute atomic E-state index is 0.582. The van der Waals surface area contributed by atoms with E-state index in [0.717, 1.165) is 0 Å². The second-order valence-corrected chi connectivity index (χ2v) is 2.43. The van der Waals surface area contributed by atoms with Crippen molar-refractivity contribution in [1.29, 1.82) is 0 Å². The summed E-state index contributed by atoms with van der Waals surface area (Å²) >= 11 is 0. The Kier molecular flexibility index (Phi) is 2.15. The Morgan fingerprint density at radius 2 is 1.82 bits per heavy atom. The van der Waals surface area contributed by atoms with Crippen molar-refractivity contribution >= 4 is 0 Å². The highest BCUT2D eigenvalue weighted by atomic mass is 16.8. The summed E-state index contributed by atoms with van der Waals surface area (Å²) in [6.07, 6.45) is -4.44. The maximum absolute atomic E-state index is 8.94. The van der Waals surface area contributed by atoms with Crippen molar-refractivity contribution in [2.75, 3.05) is 6.61 Å². The highest BCUT2D eigenvalue weighted by Gasteiger charge is 2.52. The van der Waals surface area contributed by atoms with Crippen LogP contribution >= 0.6 is 0 Å². The molecular formula is C5H10O6. The molecule has 0 aliphatic carbocycles. The van der Waals surface area contributed by atoms with Crippen LogP contribution in [0.3, 0.4) is 0 Å². The largest absolute Gasteiger partial charge is 0.394 e. The van der Waals surface area contributed by atoms with E-state index in [1.165, 1.54) is 0 Å². The van der Waals surface area contributed by atoms with Gasteiger partial charge in [0.15, 0.2) is 6.10 Å². The van der Waals surface area contributed by atoms with Crippen LogP contribution in [0.1, 0.15) is 0 Å². The number of aliphatic hydroxyl groups is 5. The molecule has 0 amide bonds. The van der Waals surface area contributed by atoms with Gasteiger partial charge in [-0.05, 0) is 0 Å². The summed E-state index contributed by atoms with van der Waals surface area (Å²) in [5.41, 5.74) is 0. The Morgan fingerprint density at radius 3 is 2.00 bits per heavy atom. The molecule has 0 aromatic rings. The van der Waals surface area contributed by atoms with Crippen LogP contribution in [0.4, 0.5) is 0 Å². The SMILES string of the molecule is OC[C@H]1OC(O)(O)[C@H](O)[C@H]1O. The maximum Gasteiger partial charge on any atom is 0.308 e. The summed E-state index contributed by atoms with van der Waals surface area (Å²) in [5, 5.41) is 43.7. The van der Waals surface area contributed by atoms with Gasteiger partial charge in [0.25, 0.3) is 0 Å². The van der Waals surface area contributed by atoms with Crippen molar-refractivity contribution in [3.63, 3.8) is 0 Å². The van der Waals surface area contributed by atoms with Crippen molar-refractivity contribution in [3.8, 4) is 0 Å². The van der Waals surface area contributed by atoms with Crippen LogP contribution in [0, 0.1) is 0 Å². The Balaban J connectivity index is 2.69. The fourth-order valence-corrected chi connectivity index (χ4v) is 0.933. The summed E-state index contributed by atoms with van der Waals surface area (Å²) < 4.78 is 4.28. The van der Waals surface area contributed by atoms with Crippen LogP contribution in [-0.2, 0) is 4.74 Å². The van der Waals surface area contributed by atoms with E-state index in [9.17, 15) is 0 Å². The van der Waals surface area contributed by atoms with Crippen molar-refractivity contribution in [3.05, 3.63) is 0 Å². The molecule has 5 N–H and O–H groups in total. The van der Waals surface area contributed by atoms with Crippen molar-refractivity contribution in [2.45, 2.75) is 24.3 Å². The highest BCUT2D eigenvalue weighted by molar-refractivity contribution is 4.88. The molecule has 1 saturated heterocycles. The number of rotatable bonds is 1. The zero-order valence-corrected chi connectivity index (χ0v) is 5.58. The zero-order chi connectivity index (χ0) is 8.65. The van der Waals surface area contributed by atoms with E-state index in [4.69, 9.17) is 25.5 Å². The first kappa shape index (κ1) is 8.85. The van der Waals surface area contributed by atoms with Crippen LogP contribution in [0.5, 0.6) is 0 Å². The second-order valence-electron chi connectivity index (χ2n) is 2.43. The van der Waals surface area contributed by atoms with Gasteiger partial charge in [0, 0.05) is 0 Å². The molecule has 3 atom stereocenters. The summed E-state index contributed by atoms with van der Waals surface area (Å²) in [5.74, 6) is -2.76. The molecule has 66 valence electrons. The van der Waals surface area contributed by atoms with Gasteiger partial charge < -0.3 is 30.3 Å². The smallest absolute Gasteiger partial charge is 0.308 e. The molecule has 6 heteroatoms. The Labute approximate surface area is 62.3 Å². The van der Waals surface area contributed by atoms with Gasteiger partial charge in [-0.2, -0.15) is 0 Å². The first-order chi connectivity index (χ1) is 4.99. The van der Waals surface area contributed by atoms with E-state index in [0.29, 0.717) is 0 Å². The summed E-state index contributed by atoms with van der Waals surface area (Å²) in [4.78, 5) is 0. The molecule has 1 rings (SSSR count). The van der Waals surface area contributed by atoms with Gasteiger partial charge in [0.2, 0.25) is 0 Å². The van der Waals surface area contributed by atoms with Crippen LogP contribution in [0.25, 0.3) is 0 Å². The first-order valence-electron chi connectivity index (χ1n) is 3.08. The van der Waals surface area contributed by atoms with E-state index >= 15 is 0 Å². The second kappa shape index (κ2) is 2.67. The van der Waals surface area contributed by atoms with Crippen molar-refractivity contribution in [1.82, 2.24) is 0 Å². The molecule has 0 spiro atoms. The minimum Gasteiger partial charge on any atom is -0.394 e. The van der Waals surface area contributed by atoms with Crippen molar-refractivity contribution < 1.29 is 30.3 Å². The van der Waals surface area contributed by atoms with Gasteiger partial charge in [-0.1, -0.05) is 0 Å². The lowest BCUT2D eigenvalue weighted by Crippen LogP contribution is -2.42. The molecule has 1 heterocycles. The molecule has 6 nitrogen and oxygen atoms in total. The predicted octanol–water partition coefficient (Wildman–Crippen LogP) is -3.26. The predicted molar refractivity (Wildman–Crippen MR) is 31.1 cm³/mol. The first-order valence-corrected chi connectivity index (χ1v) is 3.08. The molecule has 0 unspecified atom stereocenters. The third-order valence-corrected chi connectivity index (χ3v) is 1.59. The quantitative estimate of drug-likeness (QED) is 0.261. The van der Waals surface area contributed by atoms with Crippen LogP contribution < -0.4 is 0 Å². The lowest BCUT2D eigenvalue weighted by atomic mass is 10.1. The maximum atomic E-state index is 8.94. The van der Waals surface area contributed by atoms with Gasteiger partial charge in [-0.15, -0.1) is 0 Å². The fourth-order valence-electron chi connectivity index (χ4n) is 0.933. The summed E-state index contributed by atoms with van der Waals surface area (Å²) in [6, 6.07) is 0. The van der Waals surface area contributed by atoms with Crippen molar-refractivity contribution in [2.24, 2.45) is 0 Å². The van der Waals surface area contributed by atoms with Gasteiger partial charge in [0.1, 0.15) is 12.2 Å². The molecule has 0 radical (unpaired) electrons. The minimum atomic E-state index is -2.76. The average molecular weight is 166 g/mol. The summed E-state index contributed by atoms with van der Waals surface area (Å²) in [6.45, 7) is -0.582. The molecule has 11 heavy (non-hydrogen) atoms. The van der Waals surface area contributed by atoms with Crippen LogP contribution in [-0.4, -0.2) is 56.4 Å². The summed E-state index contributed by atoms with van der Waals surface area (Å²) in [7, 11) is 0. The van der Waals surface area contributed by atoms with Gasteiger partial charge in [-0.3, -0.25) is 0 Å². The van der Waals surface area contributed by atoms with E-state index in [1.807, 2.05) is 0 Å². The van der Waals surface area contributed by atoms with Crippen LogP contribution in [0.15, 0.2) is 0 Å². The Morgan fingerprint density at radius 1 is 1.27 bits per heavy atom.